The summed E-state index contributed by atoms with van der Waals surface area (Å²) in [5.74, 6) is 1.72. The number of pyridine rings is 1. The molecule has 1 aliphatic rings. The summed E-state index contributed by atoms with van der Waals surface area (Å²) in [5, 5.41) is 4.15. The maximum atomic E-state index is 6.06. The van der Waals surface area contributed by atoms with Crippen molar-refractivity contribution in [1.29, 1.82) is 0 Å². The van der Waals surface area contributed by atoms with Crippen LogP contribution in [-0.2, 0) is 0 Å². The van der Waals surface area contributed by atoms with Gasteiger partial charge < -0.3 is 5.32 Å². The molecule has 1 N–H and O–H groups in total. The smallest absolute Gasteiger partial charge is 0.133 e. The average molecular weight is 239 g/mol. The van der Waals surface area contributed by atoms with E-state index in [9.17, 15) is 0 Å². The number of nitrogens with zero attached hydrogens (tertiary/aromatic N) is 1. The Bertz CT molecular complexity index is 350. The monoisotopic (exact) mass is 238 g/mol. The molecule has 0 spiro atoms. The molecule has 2 atom stereocenters. The van der Waals surface area contributed by atoms with Crippen LogP contribution in [0.4, 0.5) is 0 Å². The summed E-state index contributed by atoms with van der Waals surface area (Å²) < 4.78 is 0. The van der Waals surface area contributed by atoms with Crippen molar-refractivity contribution in [2.45, 2.75) is 32.7 Å². The highest BCUT2D eigenvalue weighted by atomic mass is 35.5. The van der Waals surface area contributed by atoms with Crippen molar-refractivity contribution in [3.8, 4) is 0 Å². The van der Waals surface area contributed by atoms with Crippen molar-refractivity contribution in [2.75, 3.05) is 6.54 Å². The Balaban J connectivity index is 1.87. The van der Waals surface area contributed by atoms with Gasteiger partial charge in [-0.05, 0) is 44.2 Å². The molecule has 1 aliphatic carbocycles. The van der Waals surface area contributed by atoms with Crippen molar-refractivity contribution >= 4 is 11.6 Å². The molecule has 1 fully saturated rings. The van der Waals surface area contributed by atoms with Crippen molar-refractivity contribution in [3.05, 3.63) is 29.0 Å². The lowest BCUT2D eigenvalue weighted by molar-refractivity contribution is 0.431. The van der Waals surface area contributed by atoms with E-state index in [1.165, 1.54) is 12.8 Å². The Labute approximate surface area is 102 Å². The molecule has 0 aliphatic heterocycles. The van der Waals surface area contributed by atoms with Gasteiger partial charge in [-0.15, -0.1) is 0 Å². The fourth-order valence-corrected chi connectivity index (χ4v) is 2.31. The first-order chi connectivity index (χ1) is 7.68. The summed E-state index contributed by atoms with van der Waals surface area (Å²) in [6.07, 6.45) is 4.54. The Hall–Kier alpha value is -0.600. The maximum Gasteiger partial charge on any atom is 0.133 e. The number of rotatable bonds is 5. The van der Waals surface area contributed by atoms with Crippen LogP contribution in [0.3, 0.4) is 0 Å². The zero-order chi connectivity index (χ0) is 11.5. The second kappa shape index (κ2) is 5.15. The van der Waals surface area contributed by atoms with Crippen molar-refractivity contribution < 1.29 is 0 Å². The third kappa shape index (κ3) is 2.96. The standard InChI is InChI=1S/C13H19ClN2/c1-9(11-5-6-11)8-16-10(2)12-4-3-7-15-13(12)14/h3-4,7,9-11,16H,5-6,8H2,1-2H3. The second-order valence-corrected chi connectivity index (χ2v) is 5.19. The predicted octanol–water partition coefficient (Wildman–Crippen LogP) is 3.43. The molecule has 1 heterocycles. The molecule has 16 heavy (non-hydrogen) atoms. The van der Waals surface area contributed by atoms with E-state index in [0.29, 0.717) is 5.15 Å². The molecular weight excluding hydrogens is 220 g/mol. The van der Waals surface area contributed by atoms with Crippen LogP contribution in [0.2, 0.25) is 5.15 Å². The molecule has 1 aromatic rings. The highest BCUT2D eigenvalue weighted by Gasteiger charge is 2.27. The molecule has 1 aromatic heterocycles. The van der Waals surface area contributed by atoms with Gasteiger partial charge in [0.25, 0.3) is 0 Å². The fourth-order valence-electron chi connectivity index (χ4n) is 2.03. The molecule has 2 unspecified atom stereocenters. The normalized spacial score (nSPS) is 19.4. The predicted molar refractivity (Wildman–Crippen MR) is 67.6 cm³/mol. The van der Waals surface area contributed by atoms with Crippen LogP contribution in [-0.4, -0.2) is 11.5 Å². The molecule has 0 aromatic carbocycles. The number of halogens is 1. The van der Waals surface area contributed by atoms with Crippen molar-refractivity contribution in [3.63, 3.8) is 0 Å². The third-order valence-electron chi connectivity index (χ3n) is 3.43. The minimum absolute atomic E-state index is 0.280. The first kappa shape index (κ1) is 11.9. The summed E-state index contributed by atoms with van der Waals surface area (Å²) in [6.45, 7) is 5.53. The highest BCUT2D eigenvalue weighted by Crippen LogP contribution is 2.36. The number of aromatic nitrogens is 1. The van der Waals surface area contributed by atoms with E-state index in [4.69, 9.17) is 11.6 Å². The topological polar surface area (TPSA) is 24.9 Å². The average Bonchev–Trinajstić information content (AvgIpc) is 3.10. The van der Waals surface area contributed by atoms with Gasteiger partial charge in [0.2, 0.25) is 0 Å². The van der Waals surface area contributed by atoms with Gasteiger partial charge in [0.1, 0.15) is 5.15 Å². The SMILES string of the molecule is CC(NCC(C)C1CC1)c1cccnc1Cl. The Kier molecular flexibility index (Phi) is 3.82. The summed E-state index contributed by atoms with van der Waals surface area (Å²) in [5.41, 5.74) is 1.09. The highest BCUT2D eigenvalue weighted by molar-refractivity contribution is 6.30. The summed E-state index contributed by atoms with van der Waals surface area (Å²) >= 11 is 6.06. The van der Waals surface area contributed by atoms with Gasteiger partial charge >= 0.3 is 0 Å². The lowest BCUT2D eigenvalue weighted by atomic mass is 10.1. The van der Waals surface area contributed by atoms with Gasteiger partial charge in [-0.3, -0.25) is 0 Å². The van der Waals surface area contributed by atoms with E-state index in [1.807, 2.05) is 12.1 Å². The number of hydrogen-bond donors (Lipinski definition) is 1. The molecule has 0 amide bonds. The third-order valence-corrected chi connectivity index (χ3v) is 3.74. The van der Waals surface area contributed by atoms with Crippen LogP contribution in [0, 0.1) is 11.8 Å². The Morgan fingerprint density at radius 2 is 2.25 bits per heavy atom. The molecule has 2 nitrogen and oxygen atoms in total. The van der Waals surface area contributed by atoms with Crippen molar-refractivity contribution in [2.24, 2.45) is 11.8 Å². The van der Waals surface area contributed by atoms with Crippen LogP contribution in [0.1, 0.15) is 38.3 Å². The molecule has 88 valence electrons. The van der Waals surface area contributed by atoms with E-state index in [1.54, 1.807) is 6.20 Å². The minimum atomic E-state index is 0.280. The van der Waals surface area contributed by atoms with E-state index >= 15 is 0 Å². The van der Waals surface area contributed by atoms with Gasteiger partial charge in [0.05, 0.1) is 0 Å². The quantitative estimate of drug-likeness (QED) is 0.795. The fraction of sp³-hybridized carbons (Fsp3) is 0.615. The lowest BCUT2D eigenvalue weighted by Gasteiger charge is -2.18. The zero-order valence-corrected chi connectivity index (χ0v) is 10.7. The molecular formula is C13H19ClN2. The van der Waals surface area contributed by atoms with Crippen LogP contribution in [0.15, 0.2) is 18.3 Å². The lowest BCUT2D eigenvalue weighted by Crippen LogP contribution is -2.25. The summed E-state index contributed by atoms with van der Waals surface area (Å²) in [6, 6.07) is 4.25. The molecule has 0 bridgehead atoms. The zero-order valence-electron chi connectivity index (χ0n) is 9.91. The first-order valence-corrected chi connectivity index (χ1v) is 6.40. The van der Waals surface area contributed by atoms with Gasteiger partial charge in [-0.25, -0.2) is 4.98 Å². The molecule has 1 saturated carbocycles. The van der Waals surface area contributed by atoms with Gasteiger partial charge in [-0.2, -0.15) is 0 Å². The Morgan fingerprint density at radius 3 is 2.88 bits per heavy atom. The second-order valence-electron chi connectivity index (χ2n) is 4.83. The van der Waals surface area contributed by atoms with Crippen LogP contribution >= 0.6 is 11.6 Å². The van der Waals surface area contributed by atoms with Crippen LogP contribution in [0.5, 0.6) is 0 Å². The van der Waals surface area contributed by atoms with Gasteiger partial charge in [-0.1, -0.05) is 24.6 Å². The number of nitrogens with one attached hydrogen (secondary N) is 1. The van der Waals surface area contributed by atoms with Gasteiger partial charge in [0, 0.05) is 17.8 Å². The van der Waals surface area contributed by atoms with E-state index in [-0.39, 0.29) is 6.04 Å². The van der Waals surface area contributed by atoms with Crippen LogP contribution < -0.4 is 5.32 Å². The van der Waals surface area contributed by atoms with Gasteiger partial charge in [0.15, 0.2) is 0 Å². The maximum absolute atomic E-state index is 6.06. The minimum Gasteiger partial charge on any atom is -0.310 e. The van der Waals surface area contributed by atoms with Crippen molar-refractivity contribution in [1.82, 2.24) is 10.3 Å². The largest absolute Gasteiger partial charge is 0.310 e. The summed E-state index contributed by atoms with van der Waals surface area (Å²) in [4.78, 5) is 4.10. The Morgan fingerprint density at radius 1 is 1.50 bits per heavy atom. The van der Waals surface area contributed by atoms with E-state index in [0.717, 1.165) is 23.9 Å². The van der Waals surface area contributed by atoms with E-state index < -0.39 is 0 Å². The molecule has 0 radical (unpaired) electrons. The first-order valence-electron chi connectivity index (χ1n) is 6.02. The number of hydrogen-bond acceptors (Lipinski definition) is 2. The van der Waals surface area contributed by atoms with E-state index in [2.05, 4.69) is 24.1 Å². The van der Waals surface area contributed by atoms with Crippen LogP contribution in [0.25, 0.3) is 0 Å². The molecule has 2 rings (SSSR count). The molecule has 3 heteroatoms. The molecule has 0 saturated heterocycles. The summed E-state index contributed by atoms with van der Waals surface area (Å²) in [7, 11) is 0.